The number of carbonyl (C=O) groups excluding carboxylic acids is 2. The van der Waals surface area contributed by atoms with E-state index in [1.165, 1.54) is 35.9 Å². The molecule has 212 valence electrons. The zero-order chi connectivity index (χ0) is 29.0. The number of carboxylic acid groups (broad SMARTS) is 1. The van der Waals surface area contributed by atoms with Gasteiger partial charge in [-0.15, -0.1) is 0 Å². The molecule has 2 aromatic carbocycles. The molecule has 0 aliphatic rings. The lowest BCUT2D eigenvalue weighted by Crippen LogP contribution is -2.31. The van der Waals surface area contributed by atoms with Crippen LogP contribution in [0.15, 0.2) is 71.8 Å². The van der Waals surface area contributed by atoms with E-state index >= 15 is 0 Å². The van der Waals surface area contributed by atoms with Crippen molar-refractivity contribution >= 4 is 27.8 Å². The number of rotatable bonds is 15. The Morgan fingerprint density at radius 3 is 2.23 bits per heavy atom. The van der Waals surface area contributed by atoms with E-state index < -0.39 is 21.9 Å². The third-order valence-corrected chi connectivity index (χ3v) is 7.77. The van der Waals surface area contributed by atoms with Crippen molar-refractivity contribution in [3.8, 4) is 0 Å². The van der Waals surface area contributed by atoms with Gasteiger partial charge >= 0.3 is 5.97 Å². The van der Waals surface area contributed by atoms with Crippen LogP contribution in [-0.2, 0) is 22.9 Å². The molecular weight excluding hydrogens is 530 g/mol. The first-order valence-electron chi connectivity index (χ1n) is 13.4. The van der Waals surface area contributed by atoms with Gasteiger partial charge in [0, 0.05) is 18.3 Å². The van der Waals surface area contributed by atoms with Gasteiger partial charge in [-0.2, -0.15) is 0 Å². The number of amides is 2. The van der Waals surface area contributed by atoms with Gasteiger partial charge in [0.2, 0.25) is 0 Å². The number of aryl methyl sites for hydroxylation is 2. The molecule has 1 heterocycles. The molecule has 3 N–H and O–H groups in total. The highest BCUT2D eigenvalue weighted by atomic mass is 32.2. The van der Waals surface area contributed by atoms with Crippen molar-refractivity contribution in [2.24, 2.45) is 0 Å². The number of aromatic carboxylic acids is 1. The van der Waals surface area contributed by atoms with Gasteiger partial charge in [0.05, 0.1) is 10.5 Å². The minimum atomic E-state index is -4.25. The molecule has 0 saturated carbocycles. The fraction of sp³-hybridized carbons (Fsp3) is 0.333. The first-order chi connectivity index (χ1) is 19.2. The predicted molar refractivity (Wildman–Crippen MR) is 152 cm³/mol. The van der Waals surface area contributed by atoms with Gasteiger partial charge in [-0.1, -0.05) is 62.9 Å². The van der Waals surface area contributed by atoms with E-state index in [1.54, 1.807) is 0 Å². The molecule has 0 unspecified atom stereocenters. The van der Waals surface area contributed by atoms with E-state index in [0.717, 1.165) is 51.1 Å². The van der Waals surface area contributed by atoms with Crippen LogP contribution < -0.4 is 10.0 Å². The van der Waals surface area contributed by atoms with Crippen molar-refractivity contribution in [2.75, 3.05) is 6.54 Å². The smallest absolute Gasteiger partial charge is 0.354 e. The van der Waals surface area contributed by atoms with Crippen molar-refractivity contribution < 1.29 is 27.9 Å². The highest BCUT2D eigenvalue weighted by Gasteiger charge is 2.22. The second kappa shape index (κ2) is 14.9. The van der Waals surface area contributed by atoms with E-state index in [9.17, 15) is 27.9 Å². The maximum absolute atomic E-state index is 13.0. The molecule has 0 aliphatic heterocycles. The van der Waals surface area contributed by atoms with Crippen LogP contribution in [0.25, 0.3) is 0 Å². The average Bonchev–Trinajstić information content (AvgIpc) is 2.95. The topological polar surface area (TPSA) is 143 Å². The number of pyridine rings is 1. The van der Waals surface area contributed by atoms with Gasteiger partial charge in [0.25, 0.3) is 21.8 Å². The average molecular weight is 566 g/mol. The number of aromatic nitrogens is 1. The Bertz CT molecular complexity index is 1410. The Kier molecular flexibility index (Phi) is 11.4. The van der Waals surface area contributed by atoms with Gasteiger partial charge in [0.15, 0.2) is 0 Å². The summed E-state index contributed by atoms with van der Waals surface area (Å²) in [5.41, 5.74) is 1.70. The lowest BCUT2D eigenvalue weighted by atomic mass is 10.0. The van der Waals surface area contributed by atoms with E-state index in [-0.39, 0.29) is 22.1 Å². The molecule has 0 bridgehead atoms. The summed E-state index contributed by atoms with van der Waals surface area (Å²) >= 11 is 0. The summed E-state index contributed by atoms with van der Waals surface area (Å²) < 4.78 is 27.9. The fourth-order valence-corrected chi connectivity index (χ4v) is 5.17. The molecule has 0 fully saturated rings. The minimum absolute atomic E-state index is 0.00978. The molecular formula is C30H35N3O6S. The van der Waals surface area contributed by atoms with Crippen LogP contribution >= 0.6 is 0 Å². The van der Waals surface area contributed by atoms with Crippen LogP contribution in [0, 0.1) is 0 Å². The van der Waals surface area contributed by atoms with Crippen LogP contribution in [-0.4, -0.2) is 42.8 Å². The van der Waals surface area contributed by atoms with Gasteiger partial charge in [0.1, 0.15) is 5.69 Å². The second-order valence-electron chi connectivity index (χ2n) is 9.50. The number of nitrogens with zero attached hydrogens (tertiary/aromatic N) is 1. The molecule has 0 atom stereocenters. The maximum Gasteiger partial charge on any atom is 0.354 e. The molecule has 40 heavy (non-hydrogen) atoms. The Morgan fingerprint density at radius 2 is 1.55 bits per heavy atom. The number of nitrogens with one attached hydrogen (secondary N) is 2. The summed E-state index contributed by atoms with van der Waals surface area (Å²) in [4.78, 5) is 40.4. The van der Waals surface area contributed by atoms with Crippen LogP contribution in [0.2, 0.25) is 0 Å². The van der Waals surface area contributed by atoms with Crippen LogP contribution in [0.1, 0.15) is 87.8 Å². The lowest BCUT2D eigenvalue weighted by Gasteiger charge is -2.12. The Morgan fingerprint density at radius 1 is 0.850 bits per heavy atom. The summed E-state index contributed by atoms with van der Waals surface area (Å²) in [7, 11) is -4.25. The molecule has 1 aromatic heterocycles. The van der Waals surface area contributed by atoms with Crippen molar-refractivity contribution in [1.29, 1.82) is 0 Å². The lowest BCUT2D eigenvalue weighted by molar-refractivity contribution is 0.0689. The van der Waals surface area contributed by atoms with E-state index in [4.69, 9.17) is 0 Å². The molecule has 0 radical (unpaired) electrons. The zero-order valence-corrected chi connectivity index (χ0v) is 23.4. The van der Waals surface area contributed by atoms with Gasteiger partial charge in [-0.3, -0.25) is 9.59 Å². The number of carbonyl (C=O) groups is 3. The standard InChI is InChI=1S/C30H35N3O6S/c1-2-3-4-5-9-14-24-20-27(30(36)37)32-21-26(24)29(35)33-40(38,39)25-17-15-23(16-18-25)28(34)31-19-10-13-22-11-7-6-8-12-22/h6-8,11-12,15-18,20-21H,2-5,9-10,13-14,19H2,1H3,(H,31,34)(H,33,35)(H,36,37). The molecule has 9 nitrogen and oxygen atoms in total. The first kappa shape index (κ1) is 30.5. The molecule has 3 rings (SSSR count). The molecule has 0 spiro atoms. The van der Waals surface area contributed by atoms with E-state index in [2.05, 4.69) is 17.2 Å². The summed E-state index contributed by atoms with van der Waals surface area (Å²) in [6.07, 6.45) is 7.92. The molecule has 2 amide bonds. The highest BCUT2D eigenvalue weighted by molar-refractivity contribution is 7.90. The third kappa shape index (κ3) is 9.01. The summed E-state index contributed by atoms with van der Waals surface area (Å²) in [6, 6.07) is 16.5. The summed E-state index contributed by atoms with van der Waals surface area (Å²) in [5.74, 6) is -2.45. The number of benzene rings is 2. The normalized spacial score (nSPS) is 11.1. The zero-order valence-electron chi connectivity index (χ0n) is 22.6. The number of hydrogen-bond acceptors (Lipinski definition) is 6. The van der Waals surface area contributed by atoms with Crippen molar-refractivity contribution in [2.45, 2.75) is 63.2 Å². The minimum Gasteiger partial charge on any atom is -0.477 e. The molecule has 10 heteroatoms. The summed E-state index contributed by atoms with van der Waals surface area (Å²) in [6.45, 7) is 2.57. The van der Waals surface area contributed by atoms with Crippen LogP contribution in [0.5, 0.6) is 0 Å². The molecule has 0 saturated heterocycles. The SMILES string of the molecule is CCCCCCCc1cc(C(=O)O)ncc1C(=O)NS(=O)(=O)c1ccc(C(=O)NCCCc2ccccc2)cc1. The number of hydrogen-bond donors (Lipinski definition) is 3. The predicted octanol–water partition coefficient (Wildman–Crippen LogP) is 4.77. The Balaban J connectivity index is 1.62. The van der Waals surface area contributed by atoms with Gasteiger partial charge in [-0.25, -0.2) is 22.9 Å². The number of unbranched alkanes of at least 4 members (excludes halogenated alkanes) is 4. The third-order valence-electron chi connectivity index (χ3n) is 6.43. The molecule has 3 aromatic rings. The van der Waals surface area contributed by atoms with Crippen LogP contribution in [0.3, 0.4) is 0 Å². The Hall–Kier alpha value is -4.05. The monoisotopic (exact) mass is 565 g/mol. The second-order valence-corrected chi connectivity index (χ2v) is 11.2. The van der Waals surface area contributed by atoms with Crippen molar-refractivity contribution in [3.63, 3.8) is 0 Å². The number of carboxylic acids is 1. The fourth-order valence-electron chi connectivity index (χ4n) is 4.21. The van der Waals surface area contributed by atoms with E-state index in [1.807, 2.05) is 35.1 Å². The van der Waals surface area contributed by atoms with Crippen molar-refractivity contribution in [1.82, 2.24) is 15.0 Å². The van der Waals surface area contributed by atoms with Gasteiger partial charge < -0.3 is 10.4 Å². The Labute approximate surface area is 235 Å². The summed E-state index contributed by atoms with van der Waals surface area (Å²) in [5, 5.41) is 12.1. The first-order valence-corrected chi connectivity index (χ1v) is 14.9. The van der Waals surface area contributed by atoms with Crippen molar-refractivity contribution in [3.05, 3.63) is 94.8 Å². The number of sulfonamides is 1. The quantitative estimate of drug-likeness (QED) is 0.225. The van der Waals surface area contributed by atoms with Crippen LogP contribution in [0.4, 0.5) is 0 Å². The molecule has 0 aliphatic carbocycles. The maximum atomic E-state index is 13.0. The van der Waals surface area contributed by atoms with E-state index in [0.29, 0.717) is 24.1 Å². The largest absolute Gasteiger partial charge is 0.477 e. The highest BCUT2D eigenvalue weighted by Crippen LogP contribution is 2.17. The van der Waals surface area contributed by atoms with Gasteiger partial charge in [-0.05, 0) is 67.1 Å².